The zero-order valence-electron chi connectivity index (χ0n) is 22.5. The van der Waals surface area contributed by atoms with Gasteiger partial charge in [-0.05, 0) is 41.6 Å². The maximum Gasteiger partial charge on any atom is 0.291 e. The Morgan fingerprint density at radius 1 is 1.06 bits per heavy atom. The smallest absolute Gasteiger partial charge is 0.291 e. The van der Waals surface area contributed by atoms with Gasteiger partial charge in [-0.1, -0.05) is 45.6 Å². The number of ether oxygens (including phenoxy) is 3. The van der Waals surface area contributed by atoms with Crippen molar-refractivity contribution in [2.45, 2.75) is 51.9 Å². The van der Waals surface area contributed by atoms with Crippen LogP contribution < -0.4 is 24.8 Å². The number of aryl methyl sites for hydroxylation is 1. The maximum atomic E-state index is 12.9. The Morgan fingerprint density at radius 3 is 2.25 bits per heavy atom. The molecular formula is C26H36N4O5Si. The number of anilines is 2. The average molecular weight is 513 g/mol. The number of carbonyl (C=O) groups is 1. The highest BCUT2D eigenvalue weighted by molar-refractivity contribution is 6.76. The van der Waals surface area contributed by atoms with Crippen molar-refractivity contribution in [2.24, 2.45) is 0 Å². The summed E-state index contributed by atoms with van der Waals surface area (Å²) in [7, 11) is 3.28. The van der Waals surface area contributed by atoms with E-state index in [1.165, 1.54) is 19.8 Å². The lowest BCUT2D eigenvalue weighted by Gasteiger charge is -2.32. The summed E-state index contributed by atoms with van der Waals surface area (Å²) in [5.74, 6) is 1.03. The van der Waals surface area contributed by atoms with Gasteiger partial charge in [-0.2, -0.15) is 9.97 Å². The van der Waals surface area contributed by atoms with Crippen LogP contribution in [0.1, 0.15) is 35.5 Å². The molecule has 36 heavy (non-hydrogen) atoms. The van der Waals surface area contributed by atoms with Crippen LogP contribution in [0, 0.1) is 6.92 Å². The van der Waals surface area contributed by atoms with E-state index < -0.39 is 14.0 Å². The van der Waals surface area contributed by atoms with Crippen LogP contribution in [0.2, 0.25) is 25.7 Å². The second-order valence-corrected chi connectivity index (χ2v) is 15.9. The number of nitrogens with one attached hydrogen (secondary N) is 2. The number of hydrogen-bond donors (Lipinski definition) is 2. The summed E-state index contributed by atoms with van der Waals surface area (Å²) in [4.78, 5) is 21.3. The van der Waals surface area contributed by atoms with Crippen molar-refractivity contribution < 1.29 is 23.4 Å². The van der Waals surface area contributed by atoms with Gasteiger partial charge in [0, 0.05) is 21.2 Å². The molecule has 0 bridgehead atoms. The molecule has 2 N–H and O–H groups in total. The lowest BCUT2D eigenvalue weighted by atomic mass is 9.86. The minimum absolute atomic E-state index is 0.0213. The zero-order valence-corrected chi connectivity index (χ0v) is 23.5. The van der Waals surface area contributed by atoms with Crippen molar-refractivity contribution in [2.75, 3.05) is 31.9 Å². The molecule has 0 atom stereocenters. The van der Waals surface area contributed by atoms with Crippen LogP contribution in [-0.2, 0) is 5.41 Å². The summed E-state index contributed by atoms with van der Waals surface area (Å²) in [6, 6.07) is 10.6. The predicted octanol–water partition coefficient (Wildman–Crippen LogP) is 6.10. The molecule has 0 saturated heterocycles. The van der Waals surface area contributed by atoms with E-state index >= 15 is 0 Å². The zero-order chi connectivity index (χ0) is 26.7. The van der Waals surface area contributed by atoms with E-state index in [-0.39, 0.29) is 34.6 Å². The van der Waals surface area contributed by atoms with Gasteiger partial charge in [0.05, 0.1) is 14.2 Å². The molecule has 2 aromatic heterocycles. The largest absolute Gasteiger partial charge is 0.479 e. The second-order valence-electron chi connectivity index (χ2n) is 10.5. The Balaban J connectivity index is 1.81. The number of nitrogens with zero attached hydrogens (tertiary/aromatic N) is 2. The third-order valence-electron chi connectivity index (χ3n) is 5.65. The van der Waals surface area contributed by atoms with Crippen molar-refractivity contribution in [3.63, 3.8) is 0 Å². The van der Waals surface area contributed by atoms with E-state index in [4.69, 9.17) is 18.6 Å². The third-order valence-corrected chi connectivity index (χ3v) is 7.59. The maximum absolute atomic E-state index is 12.9. The summed E-state index contributed by atoms with van der Waals surface area (Å²) in [5.41, 5.74) is 2.39. The molecule has 10 heteroatoms. The molecule has 0 radical (unpaired) electrons. The third kappa shape index (κ3) is 6.37. The van der Waals surface area contributed by atoms with Gasteiger partial charge in [0.25, 0.3) is 11.9 Å². The highest BCUT2D eigenvalue weighted by Crippen LogP contribution is 2.37. The predicted molar refractivity (Wildman–Crippen MR) is 144 cm³/mol. The van der Waals surface area contributed by atoms with Gasteiger partial charge in [-0.3, -0.25) is 4.79 Å². The fraction of sp³-hybridized carbons (Fsp3) is 0.423. The molecule has 9 nitrogen and oxygen atoms in total. The molecule has 2 heterocycles. The Hall–Kier alpha value is -3.53. The molecule has 194 valence electrons. The molecule has 0 aliphatic heterocycles. The highest BCUT2D eigenvalue weighted by Gasteiger charge is 2.29. The number of rotatable bonds is 10. The van der Waals surface area contributed by atoms with Crippen molar-refractivity contribution in [3.05, 3.63) is 47.2 Å². The molecule has 3 aromatic rings. The van der Waals surface area contributed by atoms with Crippen molar-refractivity contribution in [1.82, 2.24) is 9.97 Å². The van der Waals surface area contributed by atoms with E-state index in [1.54, 1.807) is 19.2 Å². The van der Waals surface area contributed by atoms with Gasteiger partial charge in [-0.15, -0.1) is 0 Å². The topological polar surface area (TPSA) is 108 Å². The summed E-state index contributed by atoms with van der Waals surface area (Å²) < 4.78 is 22.4. The number of methoxy groups -OCH3 is 2. The van der Waals surface area contributed by atoms with Gasteiger partial charge in [0.1, 0.15) is 5.75 Å². The summed E-state index contributed by atoms with van der Waals surface area (Å²) in [6.45, 7) is 13.6. The van der Waals surface area contributed by atoms with Crippen LogP contribution >= 0.6 is 0 Å². The van der Waals surface area contributed by atoms with Gasteiger partial charge in [0.2, 0.25) is 17.7 Å². The Morgan fingerprint density at radius 2 is 1.69 bits per heavy atom. The van der Waals surface area contributed by atoms with Gasteiger partial charge < -0.3 is 29.3 Å². The molecule has 0 aliphatic carbocycles. The average Bonchev–Trinajstić information content (AvgIpc) is 3.27. The standard InChI is InChI=1S/C26H36N4O5Si/c1-16-10-11-17(26(2,3)15-36(7,8)9)14-19(16)35-20-13-12-18(34-20)22(31)28-21-23(32-5)29-25(27-4)30-24(21)33-6/h10-14H,15H2,1-9H3,(H,28,31)(H,27,29,30). The molecular weight excluding hydrogens is 476 g/mol. The quantitative estimate of drug-likeness (QED) is 0.314. The molecule has 3 rings (SSSR count). The highest BCUT2D eigenvalue weighted by atomic mass is 28.3. The fourth-order valence-electron chi connectivity index (χ4n) is 4.27. The SMILES string of the molecule is CNc1nc(OC)c(NC(=O)c2ccc(Oc3cc(C(C)(C)C[Si](C)(C)C)ccc3C)o2)c(OC)n1. The number of furan rings is 1. The summed E-state index contributed by atoms with van der Waals surface area (Å²) in [6.07, 6.45) is 0. The van der Waals surface area contributed by atoms with E-state index in [9.17, 15) is 4.79 Å². The first-order valence-corrected chi connectivity index (χ1v) is 15.5. The summed E-state index contributed by atoms with van der Waals surface area (Å²) >= 11 is 0. The molecule has 0 aliphatic rings. The minimum atomic E-state index is -1.28. The van der Waals surface area contributed by atoms with E-state index in [0.29, 0.717) is 11.7 Å². The first-order chi connectivity index (χ1) is 16.9. The number of amides is 1. The van der Waals surface area contributed by atoms with Crippen LogP contribution in [0.15, 0.2) is 34.7 Å². The van der Waals surface area contributed by atoms with Crippen LogP contribution in [0.4, 0.5) is 11.6 Å². The van der Waals surface area contributed by atoms with Crippen LogP contribution in [0.25, 0.3) is 0 Å². The van der Waals surface area contributed by atoms with Crippen LogP contribution in [0.3, 0.4) is 0 Å². The van der Waals surface area contributed by atoms with Crippen molar-refractivity contribution in [3.8, 4) is 23.5 Å². The fourth-order valence-corrected chi connectivity index (χ4v) is 7.13. The lowest BCUT2D eigenvalue weighted by Crippen LogP contribution is -2.31. The minimum Gasteiger partial charge on any atom is -0.479 e. The van der Waals surface area contributed by atoms with Crippen LogP contribution in [0.5, 0.6) is 23.5 Å². The second kappa shape index (κ2) is 10.6. The molecule has 0 saturated carbocycles. The molecule has 1 amide bonds. The number of hydrogen-bond acceptors (Lipinski definition) is 8. The monoisotopic (exact) mass is 512 g/mol. The molecule has 0 unspecified atom stereocenters. The van der Waals surface area contributed by atoms with E-state index in [1.807, 2.05) is 6.92 Å². The number of carbonyl (C=O) groups excluding carboxylic acids is 1. The Kier molecular flexibility index (Phi) is 7.98. The first-order valence-electron chi connectivity index (χ1n) is 11.7. The van der Waals surface area contributed by atoms with Crippen LogP contribution in [-0.4, -0.2) is 45.2 Å². The molecule has 0 fully saturated rings. The molecule has 1 aromatic carbocycles. The van der Waals surface area contributed by atoms with Gasteiger partial charge in [-0.25, -0.2) is 0 Å². The van der Waals surface area contributed by atoms with E-state index in [0.717, 1.165) is 11.6 Å². The summed E-state index contributed by atoms with van der Waals surface area (Å²) in [5, 5.41) is 5.52. The normalized spacial score (nSPS) is 11.7. The van der Waals surface area contributed by atoms with Crippen molar-refractivity contribution in [1.29, 1.82) is 0 Å². The van der Waals surface area contributed by atoms with Crippen molar-refractivity contribution >= 4 is 25.6 Å². The Bertz CT molecular complexity index is 1210. The number of aromatic nitrogens is 2. The van der Waals surface area contributed by atoms with E-state index in [2.05, 4.69) is 72.3 Å². The lowest BCUT2D eigenvalue weighted by molar-refractivity contribution is 0.0990. The van der Waals surface area contributed by atoms with Gasteiger partial charge in [0.15, 0.2) is 11.4 Å². The first kappa shape index (κ1) is 27.1. The molecule has 0 spiro atoms. The number of benzene rings is 1. The van der Waals surface area contributed by atoms with Gasteiger partial charge >= 0.3 is 0 Å². The Labute approximate surface area is 213 Å².